The summed E-state index contributed by atoms with van der Waals surface area (Å²) in [5.41, 5.74) is 6.59. The fraction of sp³-hybridized carbons (Fsp3) is 0.667. The highest BCUT2D eigenvalue weighted by molar-refractivity contribution is 6.47. The number of benzene rings is 1. The first-order valence-electron chi connectivity index (χ1n) is 8.74. The van der Waals surface area contributed by atoms with Crippen molar-refractivity contribution in [1.82, 2.24) is 0 Å². The Bertz CT molecular complexity index is 676. The third-order valence-corrected chi connectivity index (χ3v) is 6.79. The summed E-state index contributed by atoms with van der Waals surface area (Å²) in [7, 11) is -0.542. The molecule has 4 aliphatic rings. The van der Waals surface area contributed by atoms with E-state index in [0.29, 0.717) is 17.4 Å². The van der Waals surface area contributed by atoms with Gasteiger partial charge in [-0.2, -0.15) is 0 Å². The van der Waals surface area contributed by atoms with Crippen LogP contribution in [0.1, 0.15) is 39.2 Å². The lowest BCUT2D eigenvalue weighted by Crippen LogP contribution is -2.65. The van der Waals surface area contributed by atoms with Gasteiger partial charge in [0.05, 0.1) is 11.7 Å². The van der Waals surface area contributed by atoms with Crippen molar-refractivity contribution in [1.29, 1.82) is 0 Å². The lowest BCUT2D eigenvalue weighted by atomic mass is 9.43. The van der Waals surface area contributed by atoms with Crippen LogP contribution in [0.2, 0.25) is 0 Å². The molecule has 2 N–H and O–H groups in total. The van der Waals surface area contributed by atoms with E-state index in [0.717, 1.165) is 12.5 Å². The lowest BCUT2D eigenvalue weighted by Gasteiger charge is -2.64. The van der Waals surface area contributed by atoms with E-state index in [1.54, 1.807) is 0 Å². The molecule has 7 heteroatoms. The van der Waals surface area contributed by atoms with Crippen LogP contribution < -0.4 is 5.73 Å². The molecule has 138 valence electrons. The summed E-state index contributed by atoms with van der Waals surface area (Å²) in [6, 6.07) is 3.57. The van der Waals surface area contributed by atoms with Crippen LogP contribution in [0, 0.1) is 28.9 Å². The molecule has 4 fully saturated rings. The Labute approximate surface area is 154 Å². The maximum absolute atomic E-state index is 13.9. The molecule has 1 saturated heterocycles. The first-order valence-corrected chi connectivity index (χ1v) is 8.74. The Morgan fingerprint density at radius 2 is 2.00 bits per heavy atom. The van der Waals surface area contributed by atoms with Gasteiger partial charge in [0.25, 0.3) is 0 Å². The van der Waals surface area contributed by atoms with E-state index in [4.69, 9.17) is 15.0 Å². The summed E-state index contributed by atoms with van der Waals surface area (Å²) in [5.74, 6) is -0.496. The van der Waals surface area contributed by atoms with Gasteiger partial charge in [-0.25, -0.2) is 8.78 Å². The molecule has 1 unspecified atom stereocenters. The minimum Gasteiger partial charge on any atom is -0.404 e. The molecule has 25 heavy (non-hydrogen) atoms. The van der Waals surface area contributed by atoms with Gasteiger partial charge in [-0.1, -0.05) is 19.9 Å². The largest absolute Gasteiger partial charge is 0.475 e. The second-order valence-electron chi connectivity index (χ2n) is 8.44. The van der Waals surface area contributed by atoms with Crippen molar-refractivity contribution < 1.29 is 18.1 Å². The minimum absolute atomic E-state index is 0. The Balaban J connectivity index is 0.00000182. The third kappa shape index (κ3) is 2.82. The van der Waals surface area contributed by atoms with Crippen molar-refractivity contribution >= 4 is 19.5 Å². The summed E-state index contributed by atoms with van der Waals surface area (Å²) >= 11 is 0. The summed E-state index contributed by atoms with van der Waals surface area (Å²) in [5, 5.41) is 0. The molecule has 1 aromatic carbocycles. The van der Waals surface area contributed by atoms with E-state index in [1.807, 2.05) is 0 Å². The highest BCUT2D eigenvalue weighted by atomic mass is 35.5. The molecular formula is C18H25BClF2NO2. The van der Waals surface area contributed by atoms with Crippen molar-refractivity contribution in [2.24, 2.45) is 23.0 Å². The Morgan fingerprint density at radius 1 is 1.28 bits per heavy atom. The summed E-state index contributed by atoms with van der Waals surface area (Å²) < 4.78 is 39.3. The van der Waals surface area contributed by atoms with Crippen LogP contribution in [0.25, 0.3) is 0 Å². The molecular weight excluding hydrogens is 346 g/mol. The van der Waals surface area contributed by atoms with Crippen LogP contribution in [0.4, 0.5) is 8.78 Å². The molecule has 0 radical (unpaired) electrons. The summed E-state index contributed by atoms with van der Waals surface area (Å²) in [6.45, 7) is 6.74. The molecule has 1 heterocycles. The second kappa shape index (κ2) is 6.19. The average molecular weight is 372 g/mol. The molecule has 0 amide bonds. The molecule has 3 nitrogen and oxygen atoms in total. The molecule has 5 rings (SSSR count). The predicted molar refractivity (Wildman–Crippen MR) is 95.4 cm³/mol. The van der Waals surface area contributed by atoms with Gasteiger partial charge in [0.1, 0.15) is 11.6 Å². The average Bonchev–Trinajstić information content (AvgIpc) is 2.86. The van der Waals surface area contributed by atoms with Crippen LogP contribution in [-0.2, 0) is 15.7 Å². The van der Waals surface area contributed by atoms with Gasteiger partial charge >= 0.3 is 7.12 Å². The van der Waals surface area contributed by atoms with Crippen molar-refractivity contribution in [2.45, 2.75) is 57.7 Å². The van der Waals surface area contributed by atoms with Crippen molar-refractivity contribution in [3.63, 3.8) is 0 Å². The number of hydrogen-bond acceptors (Lipinski definition) is 3. The van der Waals surface area contributed by atoms with E-state index in [2.05, 4.69) is 20.8 Å². The summed E-state index contributed by atoms with van der Waals surface area (Å²) in [4.78, 5) is 0. The van der Waals surface area contributed by atoms with Crippen LogP contribution >= 0.6 is 12.4 Å². The highest BCUT2D eigenvalue weighted by Crippen LogP contribution is 2.65. The van der Waals surface area contributed by atoms with Gasteiger partial charge < -0.3 is 15.0 Å². The maximum atomic E-state index is 13.9. The minimum atomic E-state index is -0.585. The normalized spacial score (nSPS) is 36.2. The van der Waals surface area contributed by atoms with Crippen molar-refractivity contribution in [3.05, 3.63) is 35.4 Å². The zero-order valence-electron chi connectivity index (χ0n) is 14.8. The van der Waals surface area contributed by atoms with E-state index in [1.165, 1.54) is 18.6 Å². The number of hydrogen-bond donors (Lipinski definition) is 1. The van der Waals surface area contributed by atoms with Crippen molar-refractivity contribution in [3.8, 4) is 0 Å². The molecule has 3 aliphatic carbocycles. The molecule has 0 aromatic heterocycles. The van der Waals surface area contributed by atoms with Gasteiger partial charge in [-0.15, -0.1) is 12.4 Å². The summed E-state index contributed by atoms with van der Waals surface area (Å²) in [6.07, 6.45) is 2.49. The third-order valence-electron chi connectivity index (χ3n) is 6.79. The van der Waals surface area contributed by atoms with Crippen LogP contribution in [0.3, 0.4) is 0 Å². The van der Waals surface area contributed by atoms with Crippen LogP contribution in [-0.4, -0.2) is 24.8 Å². The first kappa shape index (κ1) is 19.1. The van der Waals surface area contributed by atoms with E-state index in [-0.39, 0.29) is 35.9 Å². The molecule has 0 spiro atoms. The monoisotopic (exact) mass is 371 g/mol. The topological polar surface area (TPSA) is 44.5 Å². The van der Waals surface area contributed by atoms with Gasteiger partial charge in [0.15, 0.2) is 0 Å². The number of nitrogens with two attached hydrogens (primary N) is 1. The van der Waals surface area contributed by atoms with Gasteiger partial charge in [-0.3, -0.25) is 0 Å². The smallest absolute Gasteiger partial charge is 0.404 e. The second-order valence-corrected chi connectivity index (χ2v) is 8.44. The van der Waals surface area contributed by atoms with E-state index >= 15 is 0 Å². The van der Waals surface area contributed by atoms with Gasteiger partial charge in [-0.05, 0) is 55.1 Å². The quantitative estimate of drug-likeness (QED) is 0.827. The Hall–Kier alpha value is -0.685. The maximum Gasteiger partial charge on any atom is 0.475 e. The molecule has 1 aliphatic heterocycles. The van der Waals surface area contributed by atoms with Crippen molar-refractivity contribution in [2.75, 3.05) is 0 Å². The van der Waals surface area contributed by atoms with Crippen LogP contribution in [0.15, 0.2) is 18.2 Å². The van der Waals surface area contributed by atoms with E-state index < -0.39 is 24.7 Å². The first-order chi connectivity index (χ1) is 11.2. The fourth-order valence-electron chi connectivity index (χ4n) is 5.12. The highest BCUT2D eigenvalue weighted by Gasteiger charge is 2.68. The molecule has 5 atom stereocenters. The lowest BCUT2D eigenvalue weighted by molar-refractivity contribution is -0.199. The zero-order valence-corrected chi connectivity index (χ0v) is 15.6. The predicted octanol–water partition coefficient (Wildman–Crippen LogP) is 3.52. The fourth-order valence-corrected chi connectivity index (χ4v) is 5.12. The van der Waals surface area contributed by atoms with E-state index in [9.17, 15) is 8.78 Å². The zero-order chi connectivity index (χ0) is 17.3. The Kier molecular flexibility index (Phi) is 4.72. The SMILES string of the molecule is CC1(C)C2C[C@H]3OB([C@@H](N)Cc4ccc(F)cc4F)O[C@@]3(C)[C@H]1C2.Cl. The van der Waals surface area contributed by atoms with Gasteiger partial charge in [0.2, 0.25) is 0 Å². The molecule has 3 saturated carbocycles. The standard InChI is InChI=1S/C18H24BF2NO2.ClH/c1-17(2)11-7-14(17)18(3)15(8-11)23-19(24-18)16(22)6-10-4-5-12(20)9-13(10)21;/h4-5,9,11,14-16H,6-8,22H2,1-3H3;1H/t11?,14-,15+,16-,18-;/m0./s1. The van der Waals surface area contributed by atoms with Gasteiger partial charge in [0, 0.05) is 12.0 Å². The molecule has 2 bridgehead atoms. The van der Waals surface area contributed by atoms with Crippen LogP contribution in [0.5, 0.6) is 0 Å². The molecule has 1 aromatic rings. The number of rotatable bonds is 3. The Morgan fingerprint density at radius 3 is 2.64 bits per heavy atom. The number of halogens is 3.